The number of anilines is 1. The number of aliphatic hydroxyl groups is 1. The van der Waals surface area contributed by atoms with E-state index in [1.165, 1.54) is 11.1 Å². The van der Waals surface area contributed by atoms with Gasteiger partial charge in [0.2, 0.25) is 0 Å². The first-order valence-electron chi connectivity index (χ1n) is 16.2. The van der Waals surface area contributed by atoms with Crippen molar-refractivity contribution < 1.29 is 19.2 Å². The smallest absolute Gasteiger partial charge is 0.292 e. The molecule has 0 spiro atoms. The van der Waals surface area contributed by atoms with Crippen molar-refractivity contribution in [2.45, 2.75) is 82.5 Å². The summed E-state index contributed by atoms with van der Waals surface area (Å²) in [4.78, 5) is 15.9. The molecule has 2 aromatic rings. The van der Waals surface area contributed by atoms with E-state index in [0.717, 1.165) is 80.9 Å². The van der Waals surface area contributed by atoms with E-state index in [0.29, 0.717) is 24.0 Å². The standard InChI is InChI=1S/C35H45ClN2O4S/c1-3-6-24-17-28(36)13-15-29(24)27-20-38-19-26-11-14-30(26)32(39)10-4-7-22(2)34(23-8-5-9-23)43(41)37-35(40)25-12-16-33(42-21-27)31(38)18-25/h4,10,12-13,15-18,22-23,26-27,30,32,34,39H,3,5-9,11,14,19-21H2,1-2H3,(H,37,40)/b10-4+/t22-,26?,27?,30-,32?,34?,43?/m1/s1. The monoisotopic (exact) mass is 624 g/mol. The Labute approximate surface area is 264 Å². The molecule has 2 aliphatic heterocycles. The number of aryl methyl sites for hydroxylation is 1. The molecule has 2 aromatic carbocycles. The molecule has 8 heteroatoms. The third-order valence-electron chi connectivity index (χ3n) is 10.3. The summed E-state index contributed by atoms with van der Waals surface area (Å²) >= 11 is 4.90. The number of carbonyl (C=O) groups is 1. The van der Waals surface area contributed by atoms with Crippen LogP contribution in [-0.2, 0) is 17.8 Å². The van der Waals surface area contributed by atoms with Crippen molar-refractivity contribution in [3.8, 4) is 5.75 Å². The molecular weight excluding hydrogens is 580 g/mol. The Bertz CT molecular complexity index is 1330. The van der Waals surface area contributed by atoms with Crippen LogP contribution < -0.4 is 14.4 Å². The van der Waals surface area contributed by atoms with Crippen LogP contribution in [0.1, 0.15) is 86.2 Å². The van der Waals surface area contributed by atoms with Crippen LogP contribution in [0.3, 0.4) is 0 Å². The van der Waals surface area contributed by atoms with Crippen molar-refractivity contribution in [3.63, 3.8) is 0 Å². The largest absolute Gasteiger partial charge is 0.593 e. The number of nitrogens with one attached hydrogen (secondary N) is 1. The van der Waals surface area contributed by atoms with E-state index >= 15 is 0 Å². The van der Waals surface area contributed by atoms with Crippen molar-refractivity contribution in [1.29, 1.82) is 0 Å². The second kappa shape index (κ2) is 13.4. The average Bonchev–Trinajstić information content (AvgIpc) is 3.11. The van der Waals surface area contributed by atoms with Crippen LogP contribution in [0.25, 0.3) is 0 Å². The van der Waals surface area contributed by atoms with E-state index < -0.39 is 17.5 Å². The van der Waals surface area contributed by atoms with E-state index in [9.17, 15) is 14.5 Å². The summed E-state index contributed by atoms with van der Waals surface area (Å²) in [7, 11) is 0. The summed E-state index contributed by atoms with van der Waals surface area (Å²) in [6.07, 6.45) is 11.6. The summed E-state index contributed by atoms with van der Waals surface area (Å²) in [6.45, 7) is 6.34. The van der Waals surface area contributed by atoms with Crippen molar-refractivity contribution in [2.24, 2.45) is 23.7 Å². The van der Waals surface area contributed by atoms with Gasteiger partial charge in [-0.3, -0.25) is 4.79 Å². The number of nitrogens with zero attached hydrogens (tertiary/aromatic N) is 1. The third-order valence-corrected chi connectivity index (χ3v) is 12.3. The first-order chi connectivity index (χ1) is 20.8. The average molecular weight is 625 g/mol. The Hall–Kier alpha value is -2.19. The quantitative estimate of drug-likeness (QED) is 0.288. The number of hydrogen-bond acceptors (Lipinski definition) is 5. The van der Waals surface area contributed by atoms with Gasteiger partial charge in [0.15, 0.2) is 0 Å². The number of benzene rings is 2. The molecule has 4 aliphatic rings. The minimum Gasteiger partial charge on any atom is -0.593 e. The molecule has 2 aliphatic carbocycles. The molecule has 232 valence electrons. The summed E-state index contributed by atoms with van der Waals surface area (Å²) in [5, 5.41) is 11.9. The van der Waals surface area contributed by atoms with Gasteiger partial charge < -0.3 is 19.3 Å². The highest BCUT2D eigenvalue weighted by Crippen LogP contribution is 2.43. The number of rotatable bonds is 4. The molecule has 2 fully saturated rings. The lowest BCUT2D eigenvalue weighted by Crippen LogP contribution is -2.47. The molecule has 6 nitrogen and oxygen atoms in total. The Morgan fingerprint density at radius 1 is 1.12 bits per heavy atom. The summed E-state index contributed by atoms with van der Waals surface area (Å²) < 4.78 is 23.0. The van der Waals surface area contributed by atoms with Gasteiger partial charge in [-0.05, 0) is 91.8 Å². The van der Waals surface area contributed by atoms with Crippen LogP contribution in [0, 0.1) is 23.7 Å². The second-order valence-electron chi connectivity index (χ2n) is 13.2. The van der Waals surface area contributed by atoms with Gasteiger partial charge in [-0.25, -0.2) is 0 Å². The molecule has 1 amide bonds. The predicted octanol–water partition coefficient (Wildman–Crippen LogP) is 6.82. The number of ether oxygens (including phenoxy) is 1. The van der Waals surface area contributed by atoms with Crippen LogP contribution in [0.5, 0.6) is 5.75 Å². The van der Waals surface area contributed by atoms with E-state index in [4.69, 9.17) is 16.3 Å². The highest BCUT2D eigenvalue weighted by molar-refractivity contribution is 7.90. The van der Waals surface area contributed by atoms with Crippen molar-refractivity contribution in [1.82, 2.24) is 4.72 Å². The summed E-state index contributed by atoms with van der Waals surface area (Å²) in [6, 6.07) is 11.8. The lowest BCUT2D eigenvalue weighted by Gasteiger charge is -2.42. The van der Waals surface area contributed by atoms with Gasteiger partial charge >= 0.3 is 0 Å². The molecule has 7 atom stereocenters. The molecule has 0 aromatic heterocycles. The van der Waals surface area contributed by atoms with Gasteiger partial charge in [0, 0.05) is 41.4 Å². The number of fused-ring (bicyclic) bond motifs is 2. The van der Waals surface area contributed by atoms with Crippen LogP contribution in [0.2, 0.25) is 5.02 Å². The Morgan fingerprint density at radius 2 is 1.95 bits per heavy atom. The minimum atomic E-state index is -1.50. The van der Waals surface area contributed by atoms with Crippen molar-refractivity contribution in [2.75, 3.05) is 24.6 Å². The molecule has 6 rings (SSSR count). The van der Waals surface area contributed by atoms with Crippen LogP contribution >= 0.6 is 11.6 Å². The van der Waals surface area contributed by atoms with Crippen LogP contribution in [0.4, 0.5) is 5.69 Å². The first kappa shape index (κ1) is 30.8. The lowest BCUT2D eigenvalue weighted by molar-refractivity contribution is 0.0460. The zero-order chi connectivity index (χ0) is 30.1. The molecule has 2 bridgehead atoms. The maximum atomic E-state index is 13.6. The number of halogens is 1. The van der Waals surface area contributed by atoms with E-state index in [1.54, 1.807) is 6.07 Å². The first-order valence-corrected chi connectivity index (χ1v) is 17.8. The number of allylic oxidation sites excluding steroid dienone is 1. The number of carbonyl (C=O) groups excluding carboxylic acids is 1. The molecule has 43 heavy (non-hydrogen) atoms. The normalized spacial score (nSPS) is 32.3. The van der Waals surface area contributed by atoms with Crippen molar-refractivity contribution in [3.05, 3.63) is 70.3 Å². The zero-order valence-electron chi connectivity index (χ0n) is 25.3. The summed E-state index contributed by atoms with van der Waals surface area (Å²) in [5.74, 6) is 1.59. The fraction of sp³-hybridized carbons (Fsp3) is 0.571. The molecule has 2 heterocycles. The van der Waals surface area contributed by atoms with Gasteiger partial charge in [0.05, 0.1) is 29.8 Å². The SMILES string of the molecule is CCCc1cc(Cl)ccc1C1COc2ccc3cc2N(C1)CC1CC[C@H]1C(O)/C=C/C[C@@H](C)C(C1CCC1)[S+]([O-])NC3=O. The Balaban J connectivity index is 1.35. The third kappa shape index (κ3) is 6.61. The molecule has 5 unspecified atom stereocenters. The van der Waals surface area contributed by atoms with Gasteiger partial charge in [-0.1, -0.05) is 56.5 Å². The van der Waals surface area contributed by atoms with Gasteiger partial charge in [0.1, 0.15) is 11.0 Å². The maximum absolute atomic E-state index is 13.6. The zero-order valence-corrected chi connectivity index (χ0v) is 26.9. The number of amides is 1. The number of hydrogen-bond donors (Lipinski definition) is 2. The van der Waals surface area contributed by atoms with Crippen molar-refractivity contribution >= 4 is 34.6 Å². The fourth-order valence-corrected chi connectivity index (χ4v) is 9.34. The van der Waals surface area contributed by atoms with E-state index in [2.05, 4.69) is 41.7 Å². The highest BCUT2D eigenvalue weighted by atomic mass is 35.5. The molecule has 0 radical (unpaired) electrons. The fourth-order valence-electron chi connectivity index (χ4n) is 7.56. The second-order valence-corrected chi connectivity index (χ2v) is 15.0. The van der Waals surface area contributed by atoms with Gasteiger partial charge in [-0.15, -0.1) is 0 Å². The van der Waals surface area contributed by atoms with Crippen LogP contribution in [0.15, 0.2) is 48.6 Å². The topological polar surface area (TPSA) is 84.9 Å². The van der Waals surface area contributed by atoms with Gasteiger partial charge in [-0.2, -0.15) is 4.72 Å². The Morgan fingerprint density at radius 3 is 2.67 bits per heavy atom. The Kier molecular flexibility index (Phi) is 9.63. The molecule has 2 saturated carbocycles. The molecule has 0 saturated heterocycles. The van der Waals surface area contributed by atoms with E-state index in [1.807, 2.05) is 24.3 Å². The van der Waals surface area contributed by atoms with E-state index in [-0.39, 0.29) is 28.9 Å². The predicted molar refractivity (Wildman–Crippen MR) is 174 cm³/mol. The highest BCUT2D eigenvalue weighted by Gasteiger charge is 2.42. The number of aliphatic hydroxyl groups excluding tert-OH is 1. The maximum Gasteiger partial charge on any atom is 0.292 e. The summed E-state index contributed by atoms with van der Waals surface area (Å²) in [5.41, 5.74) is 3.89. The van der Waals surface area contributed by atoms with Gasteiger partial charge in [0.25, 0.3) is 5.91 Å². The van der Waals surface area contributed by atoms with Crippen LogP contribution in [-0.4, -0.2) is 46.6 Å². The minimum absolute atomic E-state index is 0.109. The lowest BCUT2D eigenvalue weighted by atomic mass is 9.70. The molecular formula is C35H45ClN2O4S. The molecule has 2 N–H and O–H groups in total.